The van der Waals surface area contributed by atoms with Crippen molar-refractivity contribution in [1.82, 2.24) is 4.90 Å². The Morgan fingerprint density at radius 3 is 2.57 bits per heavy atom. The van der Waals surface area contributed by atoms with Crippen LogP contribution in [0, 0.1) is 11.8 Å². The minimum atomic E-state index is -5.16. The molecule has 1 heterocycles. The normalized spacial score (nSPS) is 19.7. The van der Waals surface area contributed by atoms with Crippen LogP contribution in [0.15, 0.2) is 0 Å². The zero-order valence-corrected chi connectivity index (χ0v) is 12.1. The number of rotatable bonds is 4. The van der Waals surface area contributed by atoms with Crippen molar-refractivity contribution in [1.29, 1.82) is 0 Å². The summed E-state index contributed by atoms with van der Waals surface area (Å²) >= 11 is 0. The zero-order chi connectivity index (χ0) is 16.0. The van der Waals surface area contributed by atoms with Gasteiger partial charge in [-0.3, -0.25) is 0 Å². The fourth-order valence-electron chi connectivity index (χ4n) is 2.04. The Labute approximate surface area is 121 Å². The number of likely N-dealkylation sites (tertiary alicyclic amines) is 1. The average Bonchev–Trinajstić information content (AvgIpc) is 2.37. The second-order valence-corrected chi connectivity index (χ2v) is 5.54. The minimum Gasteiger partial charge on any atom is -0.381 e. The molecule has 1 fully saturated rings. The molecular formula is C13H20F3NO4. The molecule has 1 aliphatic rings. The van der Waals surface area contributed by atoms with Gasteiger partial charge >= 0.3 is 18.2 Å². The highest BCUT2D eigenvalue weighted by Gasteiger charge is 2.43. The molecule has 1 rings (SSSR count). The van der Waals surface area contributed by atoms with E-state index in [1.807, 2.05) is 13.8 Å². The molecule has 0 aromatic heterocycles. The maximum absolute atomic E-state index is 12.0. The Morgan fingerprint density at radius 2 is 2.00 bits per heavy atom. The molecule has 122 valence electrons. The smallest absolute Gasteiger partial charge is 0.381 e. The molecule has 1 amide bonds. The minimum absolute atomic E-state index is 0.0473. The third-order valence-corrected chi connectivity index (χ3v) is 2.99. The number of amides is 1. The van der Waals surface area contributed by atoms with E-state index in [0.717, 1.165) is 11.3 Å². The molecule has 0 aliphatic carbocycles. The molecule has 1 atom stereocenters. The Bertz CT molecular complexity index is 371. The summed E-state index contributed by atoms with van der Waals surface area (Å²) in [5.74, 6) is -2.05. The summed E-state index contributed by atoms with van der Waals surface area (Å²) in [6, 6.07) is 0. The third-order valence-electron chi connectivity index (χ3n) is 2.99. The number of carbonyl (C=O) groups excluding carboxylic acids is 2. The van der Waals surface area contributed by atoms with E-state index in [1.54, 1.807) is 0 Å². The molecule has 0 radical (unpaired) electrons. The first kappa shape index (κ1) is 17.7. The van der Waals surface area contributed by atoms with E-state index >= 15 is 0 Å². The van der Waals surface area contributed by atoms with E-state index in [0.29, 0.717) is 25.6 Å². The lowest BCUT2D eigenvalue weighted by molar-refractivity contribution is -0.194. The van der Waals surface area contributed by atoms with Crippen LogP contribution in [0.5, 0.6) is 0 Å². The number of carbonyl (C=O) groups is 2. The summed E-state index contributed by atoms with van der Waals surface area (Å²) in [7, 11) is 0. The monoisotopic (exact) mass is 311 g/mol. The second kappa shape index (κ2) is 7.63. The quantitative estimate of drug-likeness (QED) is 0.591. The Balaban J connectivity index is 2.41. The average molecular weight is 311 g/mol. The predicted octanol–water partition coefficient (Wildman–Crippen LogP) is 2.60. The number of hydrogen-bond acceptors (Lipinski definition) is 4. The fourth-order valence-corrected chi connectivity index (χ4v) is 2.04. The number of esters is 1. The topological polar surface area (TPSA) is 55.8 Å². The molecule has 8 heteroatoms. The van der Waals surface area contributed by atoms with Crippen molar-refractivity contribution in [2.24, 2.45) is 11.8 Å². The van der Waals surface area contributed by atoms with Crippen LogP contribution in [0.25, 0.3) is 0 Å². The number of halogens is 3. The lowest BCUT2D eigenvalue weighted by atomic mass is 9.99. The van der Waals surface area contributed by atoms with Crippen molar-refractivity contribution >= 4 is 12.1 Å². The van der Waals surface area contributed by atoms with Crippen molar-refractivity contribution < 1.29 is 32.2 Å². The van der Waals surface area contributed by atoms with Crippen molar-refractivity contribution in [3.05, 3.63) is 0 Å². The molecule has 0 aromatic carbocycles. The molecule has 0 N–H and O–H groups in total. The number of nitrogens with zero attached hydrogens (tertiary/aromatic N) is 1. The van der Waals surface area contributed by atoms with Crippen LogP contribution in [0.1, 0.15) is 26.7 Å². The molecule has 0 aromatic rings. The van der Waals surface area contributed by atoms with Gasteiger partial charge in [-0.25, -0.2) is 9.59 Å². The Hall–Kier alpha value is -1.31. The number of hydrogen-bond donors (Lipinski definition) is 0. The summed E-state index contributed by atoms with van der Waals surface area (Å²) in [6.07, 6.45) is -4.93. The van der Waals surface area contributed by atoms with Crippen LogP contribution in [0.3, 0.4) is 0 Å². The van der Waals surface area contributed by atoms with Crippen LogP contribution in [0.4, 0.5) is 18.0 Å². The Kier molecular flexibility index (Phi) is 6.44. The van der Waals surface area contributed by atoms with Gasteiger partial charge in [-0.1, -0.05) is 13.8 Å². The summed E-state index contributed by atoms with van der Waals surface area (Å²) in [6.45, 7) is 5.57. The van der Waals surface area contributed by atoms with E-state index in [4.69, 9.17) is 4.74 Å². The van der Waals surface area contributed by atoms with Gasteiger partial charge in [0.05, 0.1) is 6.61 Å². The van der Waals surface area contributed by atoms with E-state index < -0.39 is 18.2 Å². The summed E-state index contributed by atoms with van der Waals surface area (Å²) in [5, 5.41) is 0. The van der Waals surface area contributed by atoms with Crippen LogP contribution < -0.4 is 0 Å². The summed E-state index contributed by atoms with van der Waals surface area (Å²) < 4.78 is 45.4. The maximum Gasteiger partial charge on any atom is 0.491 e. The van der Waals surface area contributed by atoms with E-state index in [-0.39, 0.29) is 19.0 Å². The molecule has 1 saturated heterocycles. The first-order valence-corrected chi connectivity index (χ1v) is 6.85. The summed E-state index contributed by atoms with van der Waals surface area (Å²) in [4.78, 5) is 23.3. The van der Waals surface area contributed by atoms with Crippen molar-refractivity contribution in [2.45, 2.75) is 32.9 Å². The van der Waals surface area contributed by atoms with Gasteiger partial charge in [-0.05, 0) is 18.8 Å². The van der Waals surface area contributed by atoms with Crippen LogP contribution in [0.2, 0.25) is 0 Å². The molecule has 1 aliphatic heterocycles. The molecule has 5 nitrogen and oxygen atoms in total. The summed E-state index contributed by atoms with van der Waals surface area (Å²) in [5.41, 5.74) is 0. The zero-order valence-electron chi connectivity index (χ0n) is 12.1. The first-order valence-electron chi connectivity index (χ1n) is 6.85. The lowest BCUT2D eigenvalue weighted by Crippen LogP contribution is -2.43. The molecule has 0 saturated carbocycles. The van der Waals surface area contributed by atoms with Gasteiger partial charge in [0.15, 0.2) is 0 Å². The van der Waals surface area contributed by atoms with E-state index in [1.165, 1.54) is 0 Å². The van der Waals surface area contributed by atoms with Crippen LogP contribution >= 0.6 is 0 Å². The van der Waals surface area contributed by atoms with Gasteiger partial charge < -0.3 is 14.4 Å². The SMILES string of the molecule is CC(C)COC[C@H]1CCCN(C(=O)OC(=O)C(F)(F)F)C1. The second-order valence-electron chi connectivity index (χ2n) is 5.54. The van der Waals surface area contributed by atoms with Gasteiger partial charge in [0.25, 0.3) is 0 Å². The van der Waals surface area contributed by atoms with Crippen LogP contribution in [-0.4, -0.2) is 49.4 Å². The standard InChI is InChI=1S/C13H20F3NO4/c1-9(2)7-20-8-10-4-3-5-17(6-10)12(19)21-11(18)13(14,15)16/h9-10H,3-8H2,1-2H3/t10-/m0/s1. The molecule has 0 bridgehead atoms. The van der Waals surface area contributed by atoms with Gasteiger partial charge in [0, 0.05) is 25.6 Å². The molecule has 21 heavy (non-hydrogen) atoms. The molecule has 0 spiro atoms. The van der Waals surface area contributed by atoms with E-state index in [2.05, 4.69) is 4.74 Å². The maximum atomic E-state index is 12.0. The Morgan fingerprint density at radius 1 is 1.33 bits per heavy atom. The third kappa shape index (κ3) is 6.33. The van der Waals surface area contributed by atoms with Gasteiger partial charge in [-0.2, -0.15) is 13.2 Å². The van der Waals surface area contributed by atoms with Crippen molar-refractivity contribution in [3.8, 4) is 0 Å². The van der Waals surface area contributed by atoms with Crippen molar-refractivity contribution in [3.63, 3.8) is 0 Å². The van der Waals surface area contributed by atoms with E-state index in [9.17, 15) is 22.8 Å². The van der Waals surface area contributed by atoms with Crippen LogP contribution in [-0.2, 0) is 14.3 Å². The lowest BCUT2D eigenvalue weighted by Gasteiger charge is -2.31. The highest BCUT2D eigenvalue weighted by atomic mass is 19.4. The highest BCUT2D eigenvalue weighted by Crippen LogP contribution is 2.20. The number of piperidine rings is 1. The van der Waals surface area contributed by atoms with Gasteiger partial charge in [0.1, 0.15) is 0 Å². The van der Waals surface area contributed by atoms with Gasteiger partial charge in [0.2, 0.25) is 0 Å². The fraction of sp³-hybridized carbons (Fsp3) is 0.846. The van der Waals surface area contributed by atoms with Gasteiger partial charge in [-0.15, -0.1) is 0 Å². The predicted molar refractivity (Wildman–Crippen MR) is 67.5 cm³/mol. The highest BCUT2D eigenvalue weighted by molar-refractivity contribution is 5.87. The first-order chi connectivity index (χ1) is 9.70. The molecule has 0 unspecified atom stereocenters. The molecular weight excluding hydrogens is 291 g/mol. The largest absolute Gasteiger partial charge is 0.491 e. The number of alkyl halides is 3. The van der Waals surface area contributed by atoms with Crippen molar-refractivity contribution in [2.75, 3.05) is 26.3 Å². The number of ether oxygens (including phenoxy) is 2.